The van der Waals surface area contributed by atoms with Crippen molar-refractivity contribution >= 4 is 5.82 Å². The molecule has 1 heterocycles. The van der Waals surface area contributed by atoms with Crippen LogP contribution in [0.3, 0.4) is 0 Å². The van der Waals surface area contributed by atoms with Gasteiger partial charge in [-0.2, -0.15) is 0 Å². The van der Waals surface area contributed by atoms with E-state index in [0.717, 1.165) is 28.4 Å². The number of nitrogens with two attached hydrogens (primary N) is 1. The van der Waals surface area contributed by atoms with Crippen molar-refractivity contribution in [2.75, 3.05) is 12.5 Å². The number of rotatable bonds is 5. The Bertz CT molecular complexity index is 608. The fourth-order valence-corrected chi connectivity index (χ4v) is 2.45. The molecule has 0 aliphatic heterocycles. The molecular weight excluding hydrogens is 264 g/mol. The molecule has 1 aromatic carbocycles. The van der Waals surface area contributed by atoms with Crippen LogP contribution in [0.1, 0.15) is 42.4 Å². The van der Waals surface area contributed by atoms with Crippen molar-refractivity contribution in [3.8, 4) is 5.75 Å². The molecule has 2 rings (SSSR count). The molecule has 21 heavy (non-hydrogen) atoms. The lowest BCUT2D eigenvalue weighted by Gasteiger charge is -2.15. The first kappa shape index (κ1) is 15.3. The number of hydrogen-bond donors (Lipinski definition) is 2. The maximum absolute atomic E-state index is 5.60. The third kappa shape index (κ3) is 3.49. The van der Waals surface area contributed by atoms with Crippen LogP contribution in [0.5, 0.6) is 5.75 Å². The Morgan fingerprint density at radius 1 is 1.19 bits per heavy atom. The Morgan fingerprint density at radius 3 is 2.38 bits per heavy atom. The monoisotopic (exact) mass is 286 g/mol. The largest absolute Gasteiger partial charge is 0.497 e. The molecule has 3 N–H and O–H groups in total. The van der Waals surface area contributed by atoms with Crippen molar-refractivity contribution in [2.24, 2.45) is 5.84 Å². The average Bonchev–Trinajstić information content (AvgIpc) is 2.46. The Labute approximate surface area is 125 Å². The zero-order chi connectivity index (χ0) is 15.4. The van der Waals surface area contributed by atoms with Crippen LogP contribution in [0.2, 0.25) is 0 Å². The van der Waals surface area contributed by atoms with E-state index in [2.05, 4.69) is 29.2 Å². The zero-order valence-corrected chi connectivity index (χ0v) is 13.0. The van der Waals surface area contributed by atoms with Crippen LogP contribution in [0, 0.1) is 6.92 Å². The number of hydrogen-bond acceptors (Lipinski definition) is 5. The number of hydrazine groups is 1. The summed E-state index contributed by atoms with van der Waals surface area (Å²) in [6, 6.07) is 7.91. The van der Waals surface area contributed by atoms with Crippen LogP contribution in [0.25, 0.3) is 0 Å². The van der Waals surface area contributed by atoms with Crippen molar-refractivity contribution < 1.29 is 4.74 Å². The van der Waals surface area contributed by atoms with E-state index in [9.17, 15) is 0 Å². The molecule has 0 bridgehead atoms. The Hall–Kier alpha value is -2.14. The molecule has 0 radical (unpaired) electrons. The molecule has 0 amide bonds. The molecule has 2 aromatic rings. The summed E-state index contributed by atoms with van der Waals surface area (Å²) in [6.07, 6.45) is 0.665. The summed E-state index contributed by atoms with van der Waals surface area (Å²) in [7, 11) is 1.66. The van der Waals surface area contributed by atoms with Gasteiger partial charge in [-0.05, 0) is 30.5 Å². The number of aromatic nitrogens is 2. The SMILES string of the molecule is COc1ccc(Cc2nc(C)c(C(C)C)c(NN)n2)cc1. The predicted molar refractivity (Wildman–Crippen MR) is 84.5 cm³/mol. The van der Waals surface area contributed by atoms with Crippen molar-refractivity contribution in [3.05, 3.63) is 46.9 Å². The summed E-state index contributed by atoms with van der Waals surface area (Å²) in [5.41, 5.74) is 5.86. The highest BCUT2D eigenvalue weighted by Gasteiger charge is 2.14. The standard InChI is InChI=1S/C16H22N4O/c1-10(2)15-11(3)18-14(19-16(15)20-17)9-12-5-7-13(21-4)8-6-12/h5-8,10H,9,17H2,1-4H3,(H,18,19,20). The number of aryl methyl sites for hydroxylation is 1. The van der Waals surface area contributed by atoms with Gasteiger partial charge >= 0.3 is 0 Å². The first-order valence-electron chi connectivity index (χ1n) is 7.02. The van der Waals surface area contributed by atoms with E-state index in [1.54, 1.807) is 7.11 Å². The van der Waals surface area contributed by atoms with E-state index >= 15 is 0 Å². The molecular formula is C16H22N4O. The highest BCUT2D eigenvalue weighted by atomic mass is 16.5. The normalized spacial score (nSPS) is 10.8. The molecule has 5 nitrogen and oxygen atoms in total. The predicted octanol–water partition coefficient (Wildman–Crippen LogP) is 2.79. The summed E-state index contributed by atoms with van der Waals surface area (Å²) >= 11 is 0. The molecule has 0 saturated carbocycles. The van der Waals surface area contributed by atoms with Crippen molar-refractivity contribution in [3.63, 3.8) is 0 Å². The Morgan fingerprint density at radius 2 is 1.86 bits per heavy atom. The highest BCUT2D eigenvalue weighted by molar-refractivity contribution is 5.47. The minimum absolute atomic E-state index is 0.325. The van der Waals surface area contributed by atoms with Crippen LogP contribution in [0.15, 0.2) is 24.3 Å². The van der Waals surface area contributed by atoms with E-state index in [-0.39, 0.29) is 0 Å². The molecule has 0 spiro atoms. The quantitative estimate of drug-likeness (QED) is 0.653. The molecule has 5 heteroatoms. The molecule has 0 aliphatic carbocycles. The number of anilines is 1. The van der Waals surface area contributed by atoms with Gasteiger partial charge in [0.25, 0.3) is 0 Å². The van der Waals surface area contributed by atoms with E-state index < -0.39 is 0 Å². The second-order valence-electron chi connectivity index (χ2n) is 5.31. The van der Waals surface area contributed by atoms with E-state index in [1.165, 1.54) is 0 Å². The van der Waals surface area contributed by atoms with Crippen LogP contribution < -0.4 is 16.0 Å². The van der Waals surface area contributed by atoms with E-state index in [0.29, 0.717) is 18.2 Å². The van der Waals surface area contributed by atoms with E-state index in [4.69, 9.17) is 10.6 Å². The summed E-state index contributed by atoms with van der Waals surface area (Å²) in [5, 5.41) is 0. The van der Waals surface area contributed by atoms with Gasteiger partial charge in [0.05, 0.1) is 7.11 Å². The van der Waals surface area contributed by atoms with Crippen LogP contribution >= 0.6 is 0 Å². The number of nitrogens with zero attached hydrogens (tertiary/aromatic N) is 2. The third-order valence-corrected chi connectivity index (χ3v) is 3.42. The lowest BCUT2D eigenvalue weighted by Crippen LogP contribution is -2.15. The highest BCUT2D eigenvalue weighted by Crippen LogP contribution is 2.25. The van der Waals surface area contributed by atoms with Crippen molar-refractivity contribution in [1.82, 2.24) is 9.97 Å². The van der Waals surface area contributed by atoms with Gasteiger partial charge in [-0.15, -0.1) is 0 Å². The summed E-state index contributed by atoms with van der Waals surface area (Å²) < 4.78 is 5.16. The molecule has 0 atom stereocenters. The average molecular weight is 286 g/mol. The van der Waals surface area contributed by atoms with Gasteiger partial charge in [-0.25, -0.2) is 15.8 Å². The maximum Gasteiger partial charge on any atom is 0.147 e. The molecule has 112 valence electrons. The third-order valence-electron chi connectivity index (χ3n) is 3.42. The maximum atomic E-state index is 5.60. The van der Waals surface area contributed by atoms with Crippen LogP contribution in [0.4, 0.5) is 5.82 Å². The minimum Gasteiger partial charge on any atom is -0.497 e. The van der Waals surface area contributed by atoms with Gasteiger partial charge in [0.15, 0.2) is 0 Å². The fourth-order valence-electron chi connectivity index (χ4n) is 2.45. The van der Waals surface area contributed by atoms with Gasteiger partial charge < -0.3 is 10.2 Å². The van der Waals surface area contributed by atoms with Gasteiger partial charge in [0.2, 0.25) is 0 Å². The minimum atomic E-state index is 0.325. The zero-order valence-electron chi connectivity index (χ0n) is 13.0. The van der Waals surface area contributed by atoms with Crippen LogP contribution in [-0.4, -0.2) is 17.1 Å². The first-order chi connectivity index (χ1) is 10.0. The summed E-state index contributed by atoms with van der Waals surface area (Å²) in [4.78, 5) is 9.14. The van der Waals surface area contributed by atoms with Crippen LogP contribution in [-0.2, 0) is 6.42 Å². The Kier molecular flexibility index (Phi) is 4.75. The van der Waals surface area contributed by atoms with Gasteiger partial charge in [0.1, 0.15) is 17.4 Å². The topological polar surface area (TPSA) is 73.1 Å². The number of nitrogen functional groups attached to an aromatic ring is 1. The number of nitrogens with one attached hydrogen (secondary N) is 1. The van der Waals surface area contributed by atoms with Crippen molar-refractivity contribution in [2.45, 2.75) is 33.1 Å². The summed E-state index contributed by atoms with van der Waals surface area (Å²) in [6.45, 7) is 6.21. The number of benzene rings is 1. The lowest BCUT2D eigenvalue weighted by atomic mass is 10.0. The molecule has 0 aliphatic rings. The molecule has 0 unspecified atom stereocenters. The molecule has 0 saturated heterocycles. The van der Waals surface area contributed by atoms with E-state index in [1.807, 2.05) is 31.2 Å². The molecule has 0 fully saturated rings. The lowest BCUT2D eigenvalue weighted by molar-refractivity contribution is 0.414. The van der Waals surface area contributed by atoms with Gasteiger partial charge in [0, 0.05) is 17.7 Å². The first-order valence-corrected chi connectivity index (χ1v) is 7.02. The van der Waals surface area contributed by atoms with Crippen molar-refractivity contribution in [1.29, 1.82) is 0 Å². The second-order valence-corrected chi connectivity index (χ2v) is 5.31. The smallest absolute Gasteiger partial charge is 0.147 e. The van der Waals surface area contributed by atoms with Gasteiger partial charge in [-0.1, -0.05) is 26.0 Å². The number of ether oxygens (including phenoxy) is 1. The van der Waals surface area contributed by atoms with Gasteiger partial charge in [-0.3, -0.25) is 0 Å². The Balaban J connectivity index is 2.29. The number of methoxy groups -OCH3 is 1. The molecule has 1 aromatic heterocycles. The summed E-state index contributed by atoms with van der Waals surface area (Å²) in [5.74, 6) is 8.24. The second kappa shape index (κ2) is 6.54. The fraction of sp³-hybridized carbons (Fsp3) is 0.375.